The van der Waals surface area contributed by atoms with Crippen molar-refractivity contribution in [2.45, 2.75) is 33.6 Å². The van der Waals surface area contributed by atoms with Gasteiger partial charge in [0, 0.05) is 31.1 Å². The molecule has 0 saturated heterocycles. The number of carbonyl (C=O) groups is 1. The van der Waals surface area contributed by atoms with E-state index >= 15 is 0 Å². The molecule has 0 amide bonds. The molecule has 1 atom stereocenters. The van der Waals surface area contributed by atoms with E-state index in [1.54, 1.807) is 4.68 Å². The van der Waals surface area contributed by atoms with Crippen molar-refractivity contribution < 1.29 is 4.79 Å². The summed E-state index contributed by atoms with van der Waals surface area (Å²) < 4.78 is 1.76. The maximum absolute atomic E-state index is 12.1. The molecule has 4 heteroatoms. The average Bonchev–Trinajstić information content (AvgIpc) is 2.56. The molecule has 0 radical (unpaired) electrons. The zero-order valence-electron chi connectivity index (χ0n) is 10.6. The van der Waals surface area contributed by atoms with Gasteiger partial charge in [0.15, 0.2) is 0 Å². The highest BCUT2D eigenvalue weighted by Gasteiger charge is 2.29. The van der Waals surface area contributed by atoms with E-state index in [0.717, 1.165) is 17.8 Å². The first-order valence-corrected chi connectivity index (χ1v) is 5.66. The molecule has 0 aliphatic rings. The molecule has 1 aromatic heterocycles. The first-order valence-electron chi connectivity index (χ1n) is 5.66. The minimum absolute atomic E-state index is 0.195. The number of rotatable bonds is 5. The molecule has 0 bridgehead atoms. The molecule has 2 N–H and O–H groups in total. The first kappa shape index (κ1) is 12.9. The molecule has 1 aromatic rings. The Balaban J connectivity index is 2.82. The molecule has 0 saturated carbocycles. The van der Waals surface area contributed by atoms with Crippen molar-refractivity contribution >= 4 is 5.78 Å². The lowest BCUT2D eigenvalue weighted by Gasteiger charge is -2.24. The second kappa shape index (κ2) is 4.78. The van der Waals surface area contributed by atoms with Gasteiger partial charge in [-0.1, -0.05) is 13.8 Å². The van der Waals surface area contributed by atoms with E-state index in [-0.39, 0.29) is 5.78 Å². The van der Waals surface area contributed by atoms with E-state index in [9.17, 15) is 4.79 Å². The van der Waals surface area contributed by atoms with Gasteiger partial charge in [0.1, 0.15) is 5.78 Å². The van der Waals surface area contributed by atoms with Crippen molar-refractivity contribution in [2.75, 3.05) is 6.54 Å². The van der Waals surface area contributed by atoms with Crippen LogP contribution in [-0.4, -0.2) is 22.1 Å². The number of Topliss-reactive ketones (excluding diaryl/α,β-unsaturated/α-hetero) is 1. The van der Waals surface area contributed by atoms with Gasteiger partial charge >= 0.3 is 0 Å². The van der Waals surface area contributed by atoms with Crippen molar-refractivity contribution in [1.82, 2.24) is 9.78 Å². The van der Waals surface area contributed by atoms with Crippen LogP contribution >= 0.6 is 0 Å². The van der Waals surface area contributed by atoms with Crippen molar-refractivity contribution in [3.05, 3.63) is 17.5 Å². The van der Waals surface area contributed by atoms with Crippen molar-refractivity contribution in [2.24, 2.45) is 18.2 Å². The molecule has 0 aromatic carbocycles. The lowest BCUT2D eigenvalue weighted by molar-refractivity contribution is -0.127. The third kappa shape index (κ3) is 2.50. The highest BCUT2D eigenvalue weighted by atomic mass is 16.1. The number of ketones is 1. The van der Waals surface area contributed by atoms with Gasteiger partial charge in [-0.05, 0) is 19.4 Å². The largest absolute Gasteiger partial charge is 0.329 e. The average molecular weight is 223 g/mol. The standard InChI is InChI=1S/C12H21N3O/c1-5-12(3,8-13)11(16)7-10-6-9(2)14-15(10)4/h6H,5,7-8,13H2,1-4H3. The monoisotopic (exact) mass is 223 g/mol. The molecule has 0 fully saturated rings. The van der Waals surface area contributed by atoms with Crippen LogP contribution < -0.4 is 5.73 Å². The molecule has 1 unspecified atom stereocenters. The molecule has 16 heavy (non-hydrogen) atoms. The Morgan fingerprint density at radius 1 is 1.62 bits per heavy atom. The number of nitrogens with two attached hydrogens (primary N) is 1. The maximum atomic E-state index is 12.1. The summed E-state index contributed by atoms with van der Waals surface area (Å²) in [6, 6.07) is 1.95. The van der Waals surface area contributed by atoms with Gasteiger partial charge in [0.25, 0.3) is 0 Å². The summed E-state index contributed by atoms with van der Waals surface area (Å²) in [7, 11) is 1.86. The molecular weight excluding hydrogens is 202 g/mol. The minimum Gasteiger partial charge on any atom is -0.329 e. The molecule has 1 rings (SSSR count). The molecule has 0 aliphatic carbocycles. The Morgan fingerprint density at radius 2 is 2.25 bits per heavy atom. The Morgan fingerprint density at radius 3 is 2.62 bits per heavy atom. The van der Waals surface area contributed by atoms with E-state index in [4.69, 9.17) is 5.73 Å². The molecule has 0 spiro atoms. The quantitative estimate of drug-likeness (QED) is 0.816. The lowest BCUT2D eigenvalue weighted by Crippen LogP contribution is -2.36. The van der Waals surface area contributed by atoms with Crippen LogP contribution in [0.2, 0.25) is 0 Å². The summed E-state index contributed by atoms with van der Waals surface area (Å²) in [4.78, 5) is 12.1. The van der Waals surface area contributed by atoms with Crippen LogP contribution in [0.3, 0.4) is 0 Å². The van der Waals surface area contributed by atoms with E-state index < -0.39 is 5.41 Å². The van der Waals surface area contributed by atoms with Crippen LogP contribution in [-0.2, 0) is 18.3 Å². The summed E-state index contributed by atoms with van der Waals surface area (Å²) in [5.74, 6) is 0.195. The van der Waals surface area contributed by atoms with Crippen LogP contribution in [0.15, 0.2) is 6.07 Å². The molecular formula is C12H21N3O. The Hall–Kier alpha value is -1.16. The topological polar surface area (TPSA) is 60.9 Å². The molecule has 4 nitrogen and oxygen atoms in total. The molecule has 0 aliphatic heterocycles. The van der Waals surface area contributed by atoms with Crippen LogP contribution in [0.5, 0.6) is 0 Å². The van der Waals surface area contributed by atoms with Gasteiger partial charge in [-0.15, -0.1) is 0 Å². The third-order valence-corrected chi connectivity index (χ3v) is 3.34. The summed E-state index contributed by atoms with van der Waals surface area (Å²) in [5, 5.41) is 4.23. The van der Waals surface area contributed by atoms with Gasteiger partial charge in [0.2, 0.25) is 0 Å². The van der Waals surface area contributed by atoms with E-state index in [2.05, 4.69) is 5.10 Å². The second-order valence-electron chi connectivity index (χ2n) is 4.62. The first-order chi connectivity index (χ1) is 7.42. The number of aromatic nitrogens is 2. The normalized spacial score (nSPS) is 14.8. The SMILES string of the molecule is CCC(C)(CN)C(=O)Cc1cc(C)nn1C. The van der Waals surface area contributed by atoms with Gasteiger partial charge in [-0.25, -0.2) is 0 Å². The summed E-state index contributed by atoms with van der Waals surface area (Å²) in [6.45, 7) is 6.26. The summed E-state index contributed by atoms with van der Waals surface area (Å²) in [6.07, 6.45) is 1.19. The van der Waals surface area contributed by atoms with E-state index in [1.165, 1.54) is 0 Å². The Labute approximate surface area is 96.8 Å². The highest BCUT2D eigenvalue weighted by Crippen LogP contribution is 2.22. The Bertz CT molecular complexity index is 378. The number of nitrogens with zero attached hydrogens (tertiary/aromatic N) is 2. The van der Waals surface area contributed by atoms with E-state index in [0.29, 0.717) is 13.0 Å². The number of aryl methyl sites for hydroxylation is 2. The number of hydrogen-bond acceptors (Lipinski definition) is 3. The maximum Gasteiger partial charge on any atom is 0.145 e. The molecule has 1 heterocycles. The smallest absolute Gasteiger partial charge is 0.145 e. The predicted octanol–water partition coefficient (Wildman–Crippen LogP) is 1.22. The fourth-order valence-corrected chi connectivity index (χ4v) is 1.66. The van der Waals surface area contributed by atoms with Gasteiger partial charge in [-0.2, -0.15) is 5.10 Å². The van der Waals surface area contributed by atoms with Crippen molar-refractivity contribution in [3.63, 3.8) is 0 Å². The minimum atomic E-state index is -0.405. The second-order valence-corrected chi connectivity index (χ2v) is 4.62. The zero-order chi connectivity index (χ0) is 12.3. The van der Waals surface area contributed by atoms with Crippen LogP contribution in [0.25, 0.3) is 0 Å². The van der Waals surface area contributed by atoms with Gasteiger partial charge < -0.3 is 5.73 Å². The zero-order valence-corrected chi connectivity index (χ0v) is 10.6. The third-order valence-electron chi connectivity index (χ3n) is 3.34. The fraction of sp³-hybridized carbons (Fsp3) is 0.667. The van der Waals surface area contributed by atoms with Crippen LogP contribution in [0.1, 0.15) is 31.7 Å². The predicted molar refractivity (Wildman–Crippen MR) is 64.1 cm³/mol. The fourth-order valence-electron chi connectivity index (χ4n) is 1.66. The lowest BCUT2D eigenvalue weighted by atomic mass is 9.81. The van der Waals surface area contributed by atoms with Crippen LogP contribution in [0.4, 0.5) is 0 Å². The van der Waals surface area contributed by atoms with E-state index in [1.807, 2.05) is 33.9 Å². The number of hydrogen-bond donors (Lipinski definition) is 1. The van der Waals surface area contributed by atoms with Crippen molar-refractivity contribution in [1.29, 1.82) is 0 Å². The summed E-state index contributed by atoms with van der Waals surface area (Å²) >= 11 is 0. The van der Waals surface area contributed by atoms with Gasteiger partial charge in [-0.3, -0.25) is 9.48 Å². The van der Waals surface area contributed by atoms with Crippen LogP contribution in [0, 0.1) is 12.3 Å². The van der Waals surface area contributed by atoms with Gasteiger partial charge in [0.05, 0.1) is 5.69 Å². The number of carbonyl (C=O) groups excluding carboxylic acids is 1. The van der Waals surface area contributed by atoms with Crippen molar-refractivity contribution in [3.8, 4) is 0 Å². The summed E-state index contributed by atoms with van der Waals surface area (Å²) in [5.41, 5.74) is 7.16. The molecule has 90 valence electrons. The highest BCUT2D eigenvalue weighted by molar-refractivity contribution is 5.86. The Kier molecular flexibility index (Phi) is 3.86.